The summed E-state index contributed by atoms with van der Waals surface area (Å²) in [6, 6.07) is 21.3. The molecule has 0 aromatic heterocycles. The third-order valence-corrected chi connectivity index (χ3v) is 9.61. The lowest BCUT2D eigenvalue weighted by Gasteiger charge is -2.33. The Hall–Kier alpha value is -3.37. The van der Waals surface area contributed by atoms with Gasteiger partial charge in [0.25, 0.3) is 10.0 Å². The Bertz CT molecular complexity index is 1430. The molecule has 3 aromatic carbocycles. The second kappa shape index (κ2) is 14.0. The number of nitrogens with one attached hydrogen (secondary N) is 1. The van der Waals surface area contributed by atoms with Crippen LogP contribution in [0.15, 0.2) is 88.2 Å². The Kier molecular flexibility index (Phi) is 10.4. The lowest BCUT2D eigenvalue weighted by atomic mass is 9.95. The Morgan fingerprint density at radius 2 is 1.66 bits per heavy atom. The van der Waals surface area contributed by atoms with Gasteiger partial charge in [-0.25, -0.2) is 8.42 Å². The van der Waals surface area contributed by atoms with Crippen molar-refractivity contribution in [2.45, 2.75) is 62.6 Å². The van der Waals surface area contributed by atoms with Crippen molar-refractivity contribution in [2.24, 2.45) is 0 Å². The summed E-state index contributed by atoms with van der Waals surface area (Å²) in [7, 11) is -2.63. The van der Waals surface area contributed by atoms with E-state index in [1.165, 1.54) is 24.1 Å². The molecule has 218 valence electrons. The maximum atomic E-state index is 14.0. The molecule has 10 heteroatoms. The number of benzene rings is 3. The summed E-state index contributed by atoms with van der Waals surface area (Å²) in [5, 5.41) is 3.12. The van der Waals surface area contributed by atoms with Crippen LogP contribution in [0.2, 0.25) is 0 Å². The number of ether oxygens (including phenoxy) is 1. The molecule has 0 heterocycles. The number of carbonyl (C=O) groups is 2. The molecule has 1 atom stereocenters. The van der Waals surface area contributed by atoms with Crippen LogP contribution < -0.4 is 14.4 Å². The third kappa shape index (κ3) is 7.89. The van der Waals surface area contributed by atoms with Gasteiger partial charge in [-0.15, -0.1) is 0 Å². The summed E-state index contributed by atoms with van der Waals surface area (Å²) >= 11 is 3.47. The van der Waals surface area contributed by atoms with E-state index in [0.29, 0.717) is 11.4 Å². The largest absolute Gasteiger partial charge is 0.497 e. The first kappa shape index (κ1) is 30.6. The van der Waals surface area contributed by atoms with Gasteiger partial charge in [-0.3, -0.25) is 13.9 Å². The number of carbonyl (C=O) groups excluding carboxylic acids is 2. The lowest BCUT2D eigenvalue weighted by molar-refractivity contribution is -0.139. The maximum absolute atomic E-state index is 14.0. The average molecular weight is 643 g/mol. The highest BCUT2D eigenvalue weighted by Gasteiger charge is 2.33. The molecule has 2 amide bonds. The summed E-state index contributed by atoms with van der Waals surface area (Å²) in [6.07, 6.45) is 5.12. The molecule has 3 aromatic rings. The van der Waals surface area contributed by atoms with E-state index in [9.17, 15) is 18.0 Å². The van der Waals surface area contributed by atoms with Crippen molar-refractivity contribution in [2.75, 3.05) is 18.0 Å². The van der Waals surface area contributed by atoms with Crippen LogP contribution in [0.4, 0.5) is 5.69 Å². The molecule has 1 aliphatic carbocycles. The van der Waals surface area contributed by atoms with Gasteiger partial charge in [-0.2, -0.15) is 0 Å². The fourth-order valence-electron chi connectivity index (χ4n) is 4.98. The van der Waals surface area contributed by atoms with Crippen LogP contribution >= 0.6 is 15.9 Å². The van der Waals surface area contributed by atoms with Gasteiger partial charge in [0, 0.05) is 17.1 Å². The summed E-state index contributed by atoms with van der Waals surface area (Å²) < 4.78 is 34.9. The molecule has 1 unspecified atom stereocenters. The van der Waals surface area contributed by atoms with Crippen LogP contribution in [-0.2, 0) is 26.2 Å². The fourth-order valence-corrected chi connectivity index (χ4v) is 6.84. The van der Waals surface area contributed by atoms with Crippen molar-refractivity contribution >= 4 is 43.5 Å². The van der Waals surface area contributed by atoms with Gasteiger partial charge in [0.05, 0.1) is 17.7 Å². The zero-order chi connectivity index (χ0) is 29.4. The van der Waals surface area contributed by atoms with Crippen LogP contribution in [0.1, 0.15) is 44.6 Å². The van der Waals surface area contributed by atoms with Gasteiger partial charge >= 0.3 is 0 Å². The smallest absolute Gasteiger partial charge is 0.264 e. The van der Waals surface area contributed by atoms with E-state index in [-0.39, 0.29) is 23.4 Å². The molecule has 0 saturated heterocycles. The molecular formula is C31H36BrN3O5S. The minimum atomic E-state index is -4.13. The van der Waals surface area contributed by atoms with Crippen LogP contribution in [0.25, 0.3) is 0 Å². The van der Waals surface area contributed by atoms with Crippen molar-refractivity contribution < 1.29 is 22.7 Å². The van der Waals surface area contributed by atoms with E-state index in [1.54, 1.807) is 49.4 Å². The van der Waals surface area contributed by atoms with Gasteiger partial charge in [0.15, 0.2) is 0 Å². The molecule has 1 saturated carbocycles. The van der Waals surface area contributed by atoms with E-state index < -0.39 is 28.5 Å². The first-order valence-electron chi connectivity index (χ1n) is 13.7. The number of sulfonamides is 1. The number of methoxy groups -OCH3 is 1. The molecule has 1 fully saturated rings. The monoisotopic (exact) mass is 641 g/mol. The Labute approximate surface area is 250 Å². The molecular weight excluding hydrogens is 606 g/mol. The second-order valence-corrected chi connectivity index (χ2v) is 13.0. The molecule has 0 radical (unpaired) electrons. The van der Waals surface area contributed by atoms with Crippen LogP contribution in [0.3, 0.4) is 0 Å². The predicted octanol–water partition coefficient (Wildman–Crippen LogP) is 5.52. The predicted molar refractivity (Wildman–Crippen MR) is 163 cm³/mol. The molecule has 1 aliphatic rings. The number of anilines is 1. The topological polar surface area (TPSA) is 96.0 Å². The quantitative estimate of drug-likeness (QED) is 0.297. The highest BCUT2D eigenvalue weighted by molar-refractivity contribution is 9.10. The zero-order valence-corrected chi connectivity index (χ0v) is 25.7. The fraction of sp³-hybridized carbons (Fsp3) is 0.355. The molecule has 0 bridgehead atoms. The maximum Gasteiger partial charge on any atom is 0.264 e. The first-order valence-corrected chi connectivity index (χ1v) is 16.0. The molecule has 0 spiro atoms. The standard InChI is InChI=1S/C31H36BrN3O5S/c1-23(31(37)33-26-12-5-3-6-13-26)34(21-24-10-9-11-25(32)20-24)30(36)22-35(27-14-7-4-8-15-27)41(38,39)29-18-16-28(40-2)17-19-29/h4,7-11,14-20,23,26H,3,5-6,12-13,21-22H2,1-2H3,(H,33,37). The Morgan fingerprint density at radius 1 is 0.976 bits per heavy atom. The van der Waals surface area contributed by atoms with Crippen LogP contribution in [0.5, 0.6) is 5.75 Å². The van der Waals surface area contributed by atoms with Crippen LogP contribution in [-0.4, -0.2) is 50.9 Å². The molecule has 8 nitrogen and oxygen atoms in total. The number of hydrogen-bond donors (Lipinski definition) is 1. The lowest BCUT2D eigenvalue weighted by Crippen LogP contribution is -2.53. The molecule has 41 heavy (non-hydrogen) atoms. The minimum absolute atomic E-state index is 0.0246. The number of halogens is 1. The normalized spacial score (nSPS) is 14.6. The van der Waals surface area contributed by atoms with Gasteiger partial charge in [0.1, 0.15) is 18.3 Å². The minimum Gasteiger partial charge on any atom is -0.497 e. The van der Waals surface area contributed by atoms with Crippen molar-refractivity contribution in [3.8, 4) is 5.75 Å². The first-order chi connectivity index (χ1) is 19.7. The SMILES string of the molecule is COc1ccc(S(=O)(=O)N(CC(=O)N(Cc2cccc(Br)c2)C(C)C(=O)NC2CCCCC2)c2ccccc2)cc1. The van der Waals surface area contributed by atoms with Crippen molar-refractivity contribution in [1.82, 2.24) is 10.2 Å². The number of hydrogen-bond acceptors (Lipinski definition) is 5. The highest BCUT2D eigenvalue weighted by atomic mass is 79.9. The van der Waals surface area contributed by atoms with Crippen molar-refractivity contribution in [3.05, 3.63) is 88.9 Å². The second-order valence-electron chi connectivity index (χ2n) is 10.2. The molecule has 1 N–H and O–H groups in total. The van der Waals surface area contributed by atoms with Gasteiger partial charge in [-0.05, 0) is 73.9 Å². The van der Waals surface area contributed by atoms with E-state index >= 15 is 0 Å². The van der Waals surface area contributed by atoms with E-state index in [0.717, 1.165) is 46.4 Å². The van der Waals surface area contributed by atoms with Gasteiger partial charge in [-0.1, -0.05) is 65.5 Å². The summed E-state index contributed by atoms with van der Waals surface area (Å²) in [5.41, 5.74) is 1.16. The summed E-state index contributed by atoms with van der Waals surface area (Å²) in [5.74, 6) is -0.217. The average Bonchev–Trinajstić information content (AvgIpc) is 2.99. The van der Waals surface area contributed by atoms with E-state index in [2.05, 4.69) is 21.2 Å². The number of rotatable bonds is 11. The Balaban J connectivity index is 1.65. The van der Waals surface area contributed by atoms with Gasteiger partial charge in [0.2, 0.25) is 11.8 Å². The number of amides is 2. The molecule has 4 rings (SSSR count). The summed E-state index contributed by atoms with van der Waals surface area (Å²) in [6.45, 7) is 1.36. The molecule has 0 aliphatic heterocycles. The number of nitrogens with zero attached hydrogens (tertiary/aromatic N) is 2. The Morgan fingerprint density at radius 3 is 2.29 bits per heavy atom. The number of para-hydroxylation sites is 1. The van der Waals surface area contributed by atoms with Crippen molar-refractivity contribution in [1.29, 1.82) is 0 Å². The van der Waals surface area contributed by atoms with E-state index in [1.807, 2.05) is 24.3 Å². The van der Waals surface area contributed by atoms with Crippen LogP contribution in [0, 0.1) is 0 Å². The highest BCUT2D eigenvalue weighted by Crippen LogP contribution is 2.26. The van der Waals surface area contributed by atoms with Crippen molar-refractivity contribution in [3.63, 3.8) is 0 Å². The summed E-state index contributed by atoms with van der Waals surface area (Å²) in [4.78, 5) is 28.9. The van der Waals surface area contributed by atoms with Gasteiger partial charge < -0.3 is 15.0 Å². The zero-order valence-electron chi connectivity index (χ0n) is 23.3. The third-order valence-electron chi connectivity index (χ3n) is 7.33. The van der Waals surface area contributed by atoms with E-state index in [4.69, 9.17) is 4.74 Å².